The zero-order chi connectivity index (χ0) is 15.4. The van der Waals surface area contributed by atoms with E-state index in [4.69, 9.17) is 5.73 Å². The Bertz CT molecular complexity index is 684. The first kappa shape index (κ1) is 15.1. The first-order chi connectivity index (χ1) is 10.0. The van der Waals surface area contributed by atoms with Crippen LogP contribution >= 0.6 is 11.3 Å². The number of nitrogen functional groups attached to an aromatic ring is 1. The third-order valence-corrected chi connectivity index (χ3v) is 4.28. The van der Waals surface area contributed by atoms with Crippen molar-refractivity contribution in [3.8, 4) is 6.07 Å². The summed E-state index contributed by atoms with van der Waals surface area (Å²) in [6.07, 6.45) is 0. The number of nitrogens with zero attached hydrogens (tertiary/aromatic N) is 1. The lowest BCUT2D eigenvalue weighted by atomic mass is 10.1. The molecule has 1 aromatic heterocycles. The van der Waals surface area contributed by atoms with Crippen molar-refractivity contribution in [3.05, 3.63) is 46.3 Å². The lowest BCUT2D eigenvalue weighted by Gasteiger charge is -2.04. The van der Waals surface area contributed by atoms with Gasteiger partial charge in [0.25, 0.3) is 0 Å². The maximum absolute atomic E-state index is 12.1. The summed E-state index contributed by atoms with van der Waals surface area (Å²) in [5.41, 5.74) is 7.70. The number of nitriles is 1. The molecule has 2 rings (SSSR count). The number of benzene rings is 1. The van der Waals surface area contributed by atoms with Gasteiger partial charge >= 0.3 is 0 Å². The summed E-state index contributed by atoms with van der Waals surface area (Å²) in [4.78, 5) is 12.6. The number of anilines is 2. The molecule has 0 bridgehead atoms. The Balaban J connectivity index is 2.26. The average molecular weight is 299 g/mol. The van der Waals surface area contributed by atoms with Crippen LogP contribution in [0, 0.1) is 17.2 Å². The van der Waals surface area contributed by atoms with Gasteiger partial charge in [-0.05, 0) is 5.56 Å². The van der Waals surface area contributed by atoms with Crippen LogP contribution in [-0.2, 0) is 6.54 Å². The van der Waals surface area contributed by atoms with E-state index in [2.05, 4.69) is 11.4 Å². The number of carbonyl (C=O) groups excluding carboxylic acids is 1. The summed E-state index contributed by atoms with van der Waals surface area (Å²) in [5.74, 6) is -0.166. The van der Waals surface area contributed by atoms with Crippen LogP contribution in [0.3, 0.4) is 0 Å². The summed E-state index contributed by atoms with van der Waals surface area (Å²) in [6.45, 7) is 4.24. The largest absolute Gasteiger partial charge is 0.396 e. The molecule has 0 saturated heterocycles. The Hall–Kier alpha value is -2.32. The molecular weight excluding hydrogens is 282 g/mol. The minimum absolute atomic E-state index is 0.0261. The van der Waals surface area contributed by atoms with Gasteiger partial charge in [-0.15, -0.1) is 11.3 Å². The smallest absolute Gasteiger partial charge is 0.177 e. The molecule has 0 amide bonds. The van der Waals surface area contributed by atoms with Gasteiger partial charge < -0.3 is 11.1 Å². The van der Waals surface area contributed by atoms with Crippen molar-refractivity contribution in [2.45, 2.75) is 20.4 Å². The summed E-state index contributed by atoms with van der Waals surface area (Å²) in [7, 11) is 0. The molecule has 0 aliphatic heterocycles. The van der Waals surface area contributed by atoms with Gasteiger partial charge in [0.15, 0.2) is 5.78 Å². The molecule has 1 heterocycles. The fraction of sp³-hybridized carbons (Fsp3) is 0.250. The van der Waals surface area contributed by atoms with Crippen LogP contribution in [0.4, 0.5) is 10.7 Å². The quantitative estimate of drug-likeness (QED) is 0.826. The Labute approximate surface area is 128 Å². The van der Waals surface area contributed by atoms with Gasteiger partial charge in [0, 0.05) is 12.5 Å². The molecule has 0 radical (unpaired) electrons. The third-order valence-electron chi connectivity index (χ3n) is 3.10. The van der Waals surface area contributed by atoms with E-state index < -0.39 is 0 Å². The van der Waals surface area contributed by atoms with Crippen molar-refractivity contribution >= 4 is 27.8 Å². The second kappa shape index (κ2) is 6.42. The number of Topliss-reactive ketones (excluding diaryl/α,β-unsaturated/α-hetero) is 1. The predicted molar refractivity (Wildman–Crippen MR) is 86.4 cm³/mol. The van der Waals surface area contributed by atoms with Crippen molar-refractivity contribution in [2.24, 2.45) is 5.92 Å². The number of rotatable bonds is 5. The lowest BCUT2D eigenvalue weighted by Crippen LogP contribution is -2.07. The van der Waals surface area contributed by atoms with Crippen molar-refractivity contribution in [1.29, 1.82) is 5.26 Å². The second-order valence-electron chi connectivity index (χ2n) is 5.02. The van der Waals surface area contributed by atoms with E-state index in [1.54, 1.807) is 0 Å². The van der Waals surface area contributed by atoms with Crippen LogP contribution in [0.2, 0.25) is 0 Å². The monoisotopic (exact) mass is 299 g/mol. The van der Waals surface area contributed by atoms with Crippen LogP contribution < -0.4 is 11.1 Å². The molecule has 21 heavy (non-hydrogen) atoms. The highest BCUT2D eigenvalue weighted by Gasteiger charge is 2.22. The normalized spacial score (nSPS) is 10.4. The van der Waals surface area contributed by atoms with E-state index in [1.165, 1.54) is 11.3 Å². The van der Waals surface area contributed by atoms with E-state index >= 15 is 0 Å². The minimum Gasteiger partial charge on any atom is -0.396 e. The van der Waals surface area contributed by atoms with Gasteiger partial charge in [-0.3, -0.25) is 4.79 Å². The molecular formula is C16H17N3OS. The van der Waals surface area contributed by atoms with Crippen molar-refractivity contribution in [1.82, 2.24) is 0 Å². The van der Waals surface area contributed by atoms with Crippen molar-refractivity contribution in [3.63, 3.8) is 0 Å². The fourth-order valence-corrected chi connectivity index (χ4v) is 3.06. The molecule has 0 fully saturated rings. The van der Waals surface area contributed by atoms with E-state index in [9.17, 15) is 10.1 Å². The molecule has 0 saturated carbocycles. The zero-order valence-electron chi connectivity index (χ0n) is 12.0. The molecule has 4 nitrogen and oxygen atoms in total. The number of hydrogen-bond acceptors (Lipinski definition) is 5. The number of nitrogens with two attached hydrogens (primary N) is 1. The predicted octanol–water partition coefficient (Wildman–Crippen LogP) is 3.65. The van der Waals surface area contributed by atoms with E-state index in [-0.39, 0.29) is 17.4 Å². The molecule has 3 N–H and O–H groups in total. The van der Waals surface area contributed by atoms with Gasteiger partial charge in [0.1, 0.15) is 16.6 Å². The standard InChI is InChI=1S/C16H17N3OS/c1-10(2)14(20)15-13(18)12(8-17)16(21-15)19-9-11-6-4-3-5-7-11/h3-7,10,19H,9,18H2,1-2H3. The second-order valence-corrected chi connectivity index (χ2v) is 6.04. The van der Waals surface area contributed by atoms with E-state index in [0.717, 1.165) is 5.56 Å². The summed E-state index contributed by atoms with van der Waals surface area (Å²) in [6, 6.07) is 11.9. The van der Waals surface area contributed by atoms with E-state index in [0.29, 0.717) is 22.0 Å². The number of carbonyl (C=O) groups is 1. The third kappa shape index (κ3) is 3.23. The van der Waals surface area contributed by atoms with Crippen LogP contribution in [0.1, 0.15) is 34.6 Å². The number of thiophene rings is 1. The maximum Gasteiger partial charge on any atom is 0.177 e. The highest BCUT2D eigenvalue weighted by atomic mass is 32.1. The van der Waals surface area contributed by atoms with E-state index in [1.807, 2.05) is 44.2 Å². The summed E-state index contributed by atoms with van der Waals surface area (Å²) < 4.78 is 0. The van der Waals surface area contributed by atoms with Crippen LogP contribution in [0.15, 0.2) is 30.3 Å². The fourth-order valence-electron chi connectivity index (χ4n) is 1.90. The topological polar surface area (TPSA) is 78.9 Å². The molecule has 0 aliphatic rings. The molecule has 1 aromatic carbocycles. The molecule has 0 aliphatic carbocycles. The first-order valence-corrected chi connectivity index (χ1v) is 7.50. The maximum atomic E-state index is 12.1. The van der Waals surface area contributed by atoms with Gasteiger partial charge in [0.05, 0.1) is 10.6 Å². The Morgan fingerprint density at radius 2 is 2.05 bits per heavy atom. The highest BCUT2D eigenvalue weighted by molar-refractivity contribution is 7.19. The summed E-state index contributed by atoms with van der Waals surface area (Å²) in [5, 5.41) is 13.1. The Morgan fingerprint density at radius 1 is 1.38 bits per heavy atom. The molecule has 0 spiro atoms. The number of nitrogens with one attached hydrogen (secondary N) is 1. The Kier molecular flexibility index (Phi) is 4.61. The SMILES string of the molecule is CC(C)C(=O)c1sc(NCc2ccccc2)c(C#N)c1N. The molecule has 0 atom stereocenters. The summed E-state index contributed by atoms with van der Waals surface area (Å²) >= 11 is 1.26. The van der Waals surface area contributed by atoms with Gasteiger partial charge in [0.2, 0.25) is 0 Å². The van der Waals surface area contributed by atoms with Crippen molar-refractivity contribution in [2.75, 3.05) is 11.1 Å². The van der Waals surface area contributed by atoms with Crippen LogP contribution in [0.5, 0.6) is 0 Å². The zero-order valence-corrected chi connectivity index (χ0v) is 12.8. The lowest BCUT2D eigenvalue weighted by molar-refractivity contribution is 0.0944. The molecule has 108 valence electrons. The number of ketones is 1. The molecule has 2 aromatic rings. The highest BCUT2D eigenvalue weighted by Crippen LogP contribution is 2.36. The van der Waals surface area contributed by atoms with Crippen molar-refractivity contribution < 1.29 is 4.79 Å². The Morgan fingerprint density at radius 3 is 2.62 bits per heavy atom. The van der Waals surface area contributed by atoms with Gasteiger partial charge in [-0.2, -0.15) is 5.26 Å². The average Bonchev–Trinajstić information content (AvgIpc) is 2.81. The first-order valence-electron chi connectivity index (χ1n) is 6.69. The van der Waals surface area contributed by atoms with Crippen LogP contribution in [0.25, 0.3) is 0 Å². The van der Waals surface area contributed by atoms with Crippen LogP contribution in [-0.4, -0.2) is 5.78 Å². The van der Waals surface area contributed by atoms with Gasteiger partial charge in [-0.1, -0.05) is 44.2 Å². The minimum atomic E-state index is -0.139. The van der Waals surface area contributed by atoms with Gasteiger partial charge in [-0.25, -0.2) is 0 Å². The molecule has 0 unspecified atom stereocenters. The molecule has 5 heteroatoms. The number of hydrogen-bond donors (Lipinski definition) is 2.